The van der Waals surface area contributed by atoms with E-state index in [4.69, 9.17) is 0 Å². The topological polar surface area (TPSA) is 49.3 Å². The first kappa shape index (κ1) is 13.4. The van der Waals surface area contributed by atoms with Crippen LogP contribution < -0.4 is 5.32 Å². The van der Waals surface area contributed by atoms with Crippen LogP contribution in [-0.4, -0.2) is 21.9 Å². The van der Waals surface area contributed by atoms with E-state index in [2.05, 4.69) is 21.2 Å². The first-order valence-electron chi connectivity index (χ1n) is 6.33. The molecule has 1 aliphatic carbocycles. The number of aromatic hydroxyl groups is 1. The lowest BCUT2D eigenvalue weighted by Gasteiger charge is -2.28. The van der Waals surface area contributed by atoms with Gasteiger partial charge < -0.3 is 10.4 Å². The summed E-state index contributed by atoms with van der Waals surface area (Å²) < 4.78 is 0. The molecule has 1 aromatic rings. The van der Waals surface area contributed by atoms with Crippen molar-refractivity contribution < 1.29 is 9.90 Å². The van der Waals surface area contributed by atoms with E-state index < -0.39 is 0 Å². The molecule has 0 saturated heterocycles. The maximum atomic E-state index is 12.2. The van der Waals surface area contributed by atoms with E-state index in [1.807, 2.05) is 0 Å². The standard InChI is InChI=1S/C14H18BrNO2/c1-9-10(5-4-8-13(9)17)14(18)16-12-7-3-2-6-11(12)15/h4-5,8,11-12,17H,2-3,6-7H2,1H3,(H,16,18). The molecule has 0 radical (unpaired) electrons. The fourth-order valence-electron chi connectivity index (χ4n) is 2.36. The van der Waals surface area contributed by atoms with E-state index in [1.54, 1.807) is 25.1 Å². The Morgan fingerprint density at radius 3 is 2.83 bits per heavy atom. The SMILES string of the molecule is Cc1c(O)cccc1C(=O)NC1CCCCC1Br. The molecule has 1 amide bonds. The molecule has 0 aliphatic heterocycles. The summed E-state index contributed by atoms with van der Waals surface area (Å²) in [5.74, 6) is 0.0708. The Hall–Kier alpha value is -1.03. The Morgan fingerprint density at radius 2 is 2.11 bits per heavy atom. The number of carbonyl (C=O) groups excluding carboxylic acids is 1. The number of alkyl halides is 1. The Morgan fingerprint density at radius 1 is 1.39 bits per heavy atom. The van der Waals surface area contributed by atoms with Gasteiger partial charge in [-0.1, -0.05) is 34.8 Å². The van der Waals surface area contributed by atoms with E-state index >= 15 is 0 Å². The Kier molecular flexibility index (Phi) is 4.27. The number of amides is 1. The molecule has 2 unspecified atom stereocenters. The van der Waals surface area contributed by atoms with Crippen LogP contribution >= 0.6 is 15.9 Å². The predicted molar refractivity (Wildman–Crippen MR) is 75.3 cm³/mol. The first-order valence-corrected chi connectivity index (χ1v) is 7.24. The second kappa shape index (κ2) is 5.74. The van der Waals surface area contributed by atoms with Crippen LogP contribution in [0.2, 0.25) is 0 Å². The van der Waals surface area contributed by atoms with Crippen LogP contribution in [0.25, 0.3) is 0 Å². The van der Waals surface area contributed by atoms with Crippen molar-refractivity contribution in [2.75, 3.05) is 0 Å². The van der Waals surface area contributed by atoms with Crippen molar-refractivity contribution in [1.29, 1.82) is 0 Å². The van der Waals surface area contributed by atoms with E-state index in [0.717, 1.165) is 19.3 Å². The average molecular weight is 312 g/mol. The van der Waals surface area contributed by atoms with Gasteiger partial charge in [0, 0.05) is 22.0 Å². The van der Waals surface area contributed by atoms with E-state index in [0.29, 0.717) is 16.0 Å². The number of carbonyl (C=O) groups is 1. The largest absolute Gasteiger partial charge is 0.508 e. The summed E-state index contributed by atoms with van der Waals surface area (Å²) >= 11 is 3.62. The van der Waals surface area contributed by atoms with Crippen molar-refractivity contribution in [1.82, 2.24) is 5.32 Å². The summed E-state index contributed by atoms with van der Waals surface area (Å²) in [4.78, 5) is 12.5. The minimum Gasteiger partial charge on any atom is -0.508 e. The van der Waals surface area contributed by atoms with Gasteiger partial charge in [0.25, 0.3) is 5.91 Å². The summed E-state index contributed by atoms with van der Waals surface area (Å²) in [5, 5.41) is 12.7. The van der Waals surface area contributed by atoms with E-state index in [-0.39, 0.29) is 17.7 Å². The van der Waals surface area contributed by atoms with Gasteiger partial charge in [-0.05, 0) is 31.9 Å². The number of phenols is 1. The molecule has 98 valence electrons. The predicted octanol–water partition coefficient (Wildman–Crippen LogP) is 3.14. The lowest BCUT2D eigenvalue weighted by Crippen LogP contribution is -2.42. The molecule has 1 fully saturated rings. The molecule has 2 N–H and O–H groups in total. The van der Waals surface area contributed by atoms with Crippen LogP contribution in [0.4, 0.5) is 0 Å². The van der Waals surface area contributed by atoms with E-state index in [9.17, 15) is 9.90 Å². The van der Waals surface area contributed by atoms with Crippen molar-refractivity contribution >= 4 is 21.8 Å². The molecule has 0 heterocycles. The molecule has 3 nitrogen and oxygen atoms in total. The molecular formula is C14H18BrNO2. The van der Waals surface area contributed by atoms with Gasteiger partial charge in [-0.15, -0.1) is 0 Å². The highest BCUT2D eigenvalue weighted by Gasteiger charge is 2.25. The fourth-order valence-corrected chi connectivity index (χ4v) is 3.08. The zero-order valence-electron chi connectivity index (χ0n) is 10.4. The number of nitrogens with one attached hydrogen (secondary N) is 1. The van der Waals surface area contributed by atoms with Gasteiger partial charge in [0.2, 0.25) is 0 Å². The summed E-state index contributed by atoms with van der Waals surface area (Å²) in [5.41, 5.74) is 1.19. The number of halogens is 1. The van der Waals surface area contributed by atoms with E-state index in [1.165, 1.54) is 6.42 Å². The molecular weight excluding hydrogens is 294 g/mol. The number of rotatable bonds is 2. The molecule has 1 saturated carbocycles. The maximum absolute atomic E-state index is 12.2. The Balaban J connectivity index is 2.09. The third-order valence-corrected chi connectivity index (χ3v) is 4.64. The fraction of sp³-hybridized carbons (Fsp3) is 0.500. The molecule has 0 aromatic heterocycles. The molecule has 0 spiro atoms. The third kappa shape index (κ3) is 2.86. The molecule has 1 aliphatic rings. The second-order valence-electron chi connectivity index (χ2n) is 4.83. The van der Waals surface area contributed by atoms with Gasteiger partial charge in [0.1, 0.15) is 5.75 Å². The molecule has 1 aromatic carbocycles. The molecule has 4 heteroatoms. The lowest BCUT2D eigenvalue weighted by molar-refractivity contribution is 0.0928. The highest BCUT2D eigenvalue weighted by Crippen LogP contribution is 2.25. The Bertz CT molecular complexity index is 447. The van der Waals surface area contributed by atoms with Crippen molar-refractivity contribution in [3.05, 3.63) is 29.3 Å². The number of benzene rings is 1. The first-order chi connectivity index (χ1) is 8.59. The molecule has 2 atom stereocenters. The average Bonchev–Trinajstić information content (AvgIpc) is 2.35. The van der Waals surface area contributed by atoms with Crippen LogP contribution in [-0.2, 0) is 0 Å². The monoisotopic (exact) mass is 311 g/mol. The number of phenolic OH excluding ortho intramolecular Hbond substituents is 1. The summed E-state index contributed by atoms with van der Waals surface area (Å²) in [6.07, 6.45) is 4.49. The molecule has 2 rings (SSSR count). The normalized spacial score (nSPS) is 23.7. The Labute approximate surface area is 116 Å². The van der Waals surface area contributed by atoms with Crippen molar-refractivity contribution in [3.8, 4) is 5.75 Å². The van der Waals surface area contributed by atoms with Gasteiger partial charge in [-0.3, -0.25) is 4.79 Å². The zero-order chi connectivity index (χ0) is 13.1. The van der Waals surface area contributed by atoms with Gasteiger partial charge in [-0.25, -0.2) is 0 Å². The zero-order valence-corrected chi connectivity index (χ0v) is 12.0. The van der Waals surface area contributed by atoms with Crippen molar-refractivity contribution in [2.24, 2.45) is 0 Å². The van der Waals surface area contributed by atoms with Gasteiger partial charge in [-0.2, -0.15) is 0 Å². The maximum Gasteiger partial charge on any atom is 0.251 e. The summed E-state index contributed by atoms with van der Waals surface area (Å²) in [6, 6.07) is 5.23. The van der Waals surface area contributed by atoms with Gasteiger partial charge >= 0.3 is 0 Å². The third-order valence-electron chi connectivity index (χ3n) is 3.55. The van der Waals surface area contributed by atoms with Crippen LogP contribution in [0.5, 0.6) is 5.75 Å². The van der Waals surface area contributed by atoms with Gasteiger partial charge in [0.15, 0.2) is 0 Å². The van der Waals surface area contributed by atoms with Crippen LogP contribution in [0.15, 0.2) is 18.2 Å². The van der Waals surface area contributed by atoms with Crippen LogP contribution in [0, 0.1) is 6.92 Å². The summed E-state index contributed by atoms with van der Waals surface area (Å²) in [7, 11) is 0. The minimum absolute atomic E-state index is 0.0975. The molecule has 18 heavy (non-hydrogen) atoms. The highest BCUT2D eigenvalue weighted by atomic mass is 79.9. The van der Waals surface area contributed by atoms with Crippen LogP contribution in [0.1, 0.15) is 41.6 Å². The molecule has 0 bridgehead atoms. The number of hydrogen-bond acceptors (Lipinski definition) is 2. The van der Waals surface area contributed by atoms with Crippen LogP contribution in [0.3, 0.4) is 0 Å². The quantitative estimate of drug-likeness (QED) is 0.824. The summed E-state index contributed by atoms with van der Waals surface area (Å²) in [6.45, 7) is 1.76. The second-order valence-corrected chi connectivity index (χ2v) is 6.01. The highest BCUT2D eigenvalue weighted by molar-refractivity contribution is 9.09. The van der Waals surface area contributed by atoms with Crippen molar-refractivity contribution in [3.63, 3.8) is 0 Å². The minimum atomic E-state index is -0.0975. The lowest BCUT2D eigenvalue weighted by atomic mass is 9.95. The smallest absolute Gasteiger partial charge is 0.251 e. The number of hydrogen-bond donors (Lipinski definition) is 2. The van der Waals surface area contributed by atoms with Gasteiger partial charge in [0.05, 0.1) is 0 Å². The van der Waals surface area contributed by atoms with Crippen molar-refractivity contribution in [2.45, 2.75) is 43.5 Å².